The topological polar surface area (TPSA) is 64.7 Å². The summed E-state index contributed by atoms with van der Waals surface area (Å²) < 4.78 is 3.71. The van der Waals surface area contributed by atoms with Crippen molar-refractivity contribution in [2.24, 2.45) is 0 Å². The molecule has 1 aromatic carbocycles. The van der Waals surface area contributed by atoms with Gasteiger partial charge in [-0.3, -0.25) is 14.2 Å². The first-order chi connectivity index (χ1) is 11.7. The predicted molar refractivity (Wildman–Crippen MR) is 91.6 cm³/mol. The van der Waals surface area contributed by atoms with Crippen LogP contribution in [0.3, 0.4) is 0 Å². The van der Waals surface area contributed by atoms with Crippen LogP contribution in [0.5, 0.6) is 0 Å². The van der Waals surface area contributed by atoms with Gasteiger partial charge in [-0.25, -0.2) is 0 Å². The molecule has 2 heterocycles. The van der Waals surface area contributed by atoms with E-state index in [-0.39, 0.29) is 5.91 Å². The molecule has 1 amide bonds. The lowest BCUT2D eigenvalue weighted by Gasteiger charge is -2.07. The van der Waals surface area contributed by atoms with E-state index in [9.17, 15) is 4.79 Å². The van der Waals surface area contributed by atoms with Gasteiger partial charge in [-0.05, 0) is 37.6 Å². The van der Waals surface area contributed by atoms with E-state index in [1.54, 1.807) is 6.20 Å². The zero-order valence-electron chi connectivity index (χ0n) is 13.9. The van der Waals surface area contributed by atoms with Crippen LogP contribution in [-0.2, 0) is 19.6 Å². The van der Waals surface area contributed by atoms with E-state index >= 15 is 0 Å². The molecule has 6 heteroatoms. The maximum Gasteiger partial charge on any atom is 0.251 e. The fraction of sp³-hybridized carbons (Fsp3) is 0.278. The fourth-order valence-electron chi connectivity index (χ4n) is 2.56. The van der Waals surface area contributed by atoms with Gasteiger partial charge >= 0.3 is 0 Å². The molecule has 3 rings (SSSR count). The molecule has 3 aromatic rings. The highest BCUT2D eigenvalue weighted by Gasteiger charge is 2.09. The molecule has 6 nitrogen and oxygen atoms in total. The van der Waals surface area contributed by atoms with Crippen LogP contribution in [0.25, 0.3) is 0 Å². The first-order valence-corrected chi connectivity index (χ1v) is 8.03. The molecule has 0 unspecified atom stereocenters. The Morgan fingerprint density at radius 2 is 2.12 bits per heavy atom. The molecule has 24 heavy (non-hydrogen) atoms. The number of carbonyl (C=O) groups excluding carboxylic acids is 1. The minimum Gasteiger partial charge on any atom is -0.348 e. The number of hydrogen-bond acceptors (Lipinski definition) is 3. The van der Waals surface area contributed by atoms with Gasteiger partial charge in [0.15, 0.2) is 0 Å². The standard InChI is InChI=1S/C18H21N5O/c1-3-22-13-17(14(2)21-22)11-19-18(24)16-7-4-6-15(10-16)12-23-9-5-8-20-23/h4-10,13H,3,11-12H2,1-2H3,(H,19,24). The number of rotatable bonds is 6. The van der Waals surface area contributed by atoms with Crippen molar-refractivity contribution in [1.29, 1.82) is 0 Å². The van der Waals surface area contributed by atoms with Crippen LogP contribution in [0.4, 0.5) is 0 Å². The molecule has 0 fully saturated rings. The highest BCUT2D eigenvalue weighted by Crippen LogP contribution is 2.09. The normalized spacial score (nSPS) is 10.8. The smallest absolute Gasteiger partial charge is 0.251 e. The first kappa shape index (κ1) is 16.0. The number of aryl methyl sites for hydroxylation is 2. The van der Waals surface area contributed by atoms with Gasteiger partial charge < -0.3 is 5.32 Å². The predicted octanol–water partition coefficient (Wildman–Crippen LogP) is 2.39. The second-order valence-corrected chi connectivity index (χ2v) is 5.68. The number of amides is 1. The lowest BCUT2D eigenvalue weighted by molar-refractivity contribution is 0.0950. The quantitative estimate of drug-likeness (QED) is 0.757. The zero-order valence-corrected chi connectivity index (χ0v) is 13.9. The third-order valence-corrected chi connectivity index (χ3v) is 3.90. The summed E-state index contributed by atoms with van der Waals surface area (Å²) in [6.45, 7) is 5.95. The molecular formula is C18H21N5O. The SMILES string of the molecule is CCn1cc(CNC(=O)c2cccc(Cn3cccn3)c2)c(C)n1. The highest BCUT2D eigenvalue weighted by molar-refractivity contribution is 5.94. The molecule has 124 valence electrons. The van der Waals surface area contributed by atoms with Gasteiger partial charge in [0.1, 0.15) is 0 Å². The van der Waals surface area contributed by atoms with E-state index in [0.29, 0.717) is 18.7 Å². The molecule has 0 saturated carbocycles. The maximum atomic E-state index is 12.4. The van der Waals surface area contributed by atoms with Gasteiger partial charge in [0, 0.05) is 42.8 Å². The fourth-order valence-corrected chi connectivity index (χ4v) is 2.56. The molecule has 0 spiro atoms. The van der Waals surface area contributed by atoms with Gasteiger partial charge in [-0.1, -0.05) is 12.1 Å². The van der Waals surface area contributed by atoms with E-state index in [0.717, 1.165) is 23.4 Å². The number of hydrogen-bond donors (Lipinski definition) is 1. The average Bonchev–Trinajstić information content (AvgIpc) is 3.22. The van der Waals surface area contributed by atoms with Crippen molar-refractivity contribution in [3.05, 3.63) is 71.3 Å². The van der Waals surface area contributed by atoms with Crippen molar-refractivity contribution in [3.8, 4) is 0 Å². The van der Waals surface area contributed by atoms with E-state index < -0.39 is 0 Å². The van der Waals surface area contributed by atoms with Crippen LogP contribution in [0.15, 0.2) is 48.9 Å². The summed E-state index contributed by atoms with van der Waals surface area (Å²) in [7, 11) is 0. The van der Waals surface area contributed by atoms with Crippen LogP contribution in [0.1, 0.15) is 34.1 Å². The summed E-state index contributed by atoms with van der Waals surface area (Å²) in [5.41, 5.74) is 3.68. The minimum absolute atomic E-state index is 0.0824. The summed E-state index contributed by atoms with van der Waals surface area (Å²) in [5.74, 6) is -0.0824. The molecular weight excluding hydrogens is 302 g/mol. The summed E-state index contributed by atoms with van der Waals surface area (Å²) >= 11 is 0. The van der Waals surface area contributed by atoms with Crippen molar-refractivity contribution >= 4 is 5.91 Å². The molecule has 2 aromatic heterocycles. The Hall–Kier alpha value is -2.89. The van der Waals surface area contributed by atoms with Crippen LogP contribution in [0.2, 0.25) is 0 Å². The molecule has 1 N–H and O–H groups in total. The summed E-state index contributed by atoms with van der Waals surface area (Å²) in [4.78, 5) is 12.4. The maximum absolute atomic E-state index is 12.4. The summed E-state index contributed by atoms with van der Waals surface area (Å²) in [6.07, 6.45) is 5.63. The number of carbonyl (C=O) groups is 1. The van der Waals surface area contributed by atoms with E-state index in [1.807, 2.05) is 65.9 Å². The van der Waals surface area contributed by atoms with E-state index in [4.69, 9.17) is 0 Å². The summed E-state index contributed by atoms with van der Waals surface area (Å²) in [5, 5.41) is 11.5. The Bertz CT molecular complexity index is 820. The third kappa shape index (κ3) is 3.71. The second kappa shape index (κ2) is 7.12. The van der Waals surface area contributed by atoms with Crippen LogP contribution < -0.4 is 5.32 Å². The van der Waals surface area contributed by atoms with Gasteiger partial charge in [0.05, 0.1) is 12.2 Å². The lowest BCUT2D eigenvalue weighted by atomic mass is 10.1. The molecule has 0 aliphatic heterocycles. The summed E-state index contributed by atoms with van der Waals surface area (Å²) in [6, 6.07) is 9.50. The molecule has 0 bridgehead atoms. The third-order valence-electron chi connectivity index (χ3n) is 3.90. The van der Waals surface area contributed by atoms with Crippen molar-refractivity contribution in [1.82, 2.24) is 24.9 Å². The van der Waals surface area contributed by atoms with Gasteiger partial charge in [-0.2, -0.15) is 10.2 Å². The Morgan fingerprint density at radius 1 is 1.25 bits per heavy atom. The average molecular weight is 323 g/mol. The lowest BCUT2D eigenvalue weighted by Crippen LogP contribution is -2.23. The molecule has 0 atom stereocenters. The number of nitrogens with one attached hydrogen (secondary N) is 1. The van der Waals surface area contributed by atoms with Crippen LogP contribution in [0, 0.1) is 6.92 Å². The zero-order chi connectivity index (χ0) is 16.9. The van der Waals surface area contributed by atoms with Crippen LogP contribution >= 0.6 is 0 Å². The van der Waals surface area contributed by atoms with Gasteiger partial charge in [-0.15, -0.1) is 0 Å². The number of nitrogens with zero attached hydrogens (tertiary/aromatic N) is 4. The Labute approximate surface area is 141 Å². The molecule has 0 aliphatic carbocycles. The van der Waals surface area contributed by atoms with Crippen molar-refractivity contribution in [2.75, 3.05) is 0 Å². The molecule has 0 aliphatic rings. The van der Waals surface area contributed by atoms with Crippen molar-refractivity contribution in [3.63, 3.8) is 0 Å². The van der Waals surface area contributed by atoms with Gasteiger partial charge in [0.2, 0.25) is 0 Å². The number of aromatic nitrogens is 4. The van der Waals surface area contributed by atoms with Crippen molar-refractivity contribution in [2.45, 2.75) is 33.5 Å². The van der Waals surface area contributed by atoms with Gasteiger partial charge in [0.25, 0.3) is 5.91 Å². The molecule has 0 radical (unpaired) electrons. The largest absolute Gasteiger partial charge is 0.348 e. The second-order valence-electron chi connectivity index (χ2n) is 5.68. The molecule has 0 saturated heterocycles. The Kier molecular flexibility index (Phi) is 4.74. The first-order valence-electron chi connectivity index (χ1n) is 8.03. The van der Waals surface area contributed by atoms with E-state index in [2.05, 4.69) is 15.5 Å². The highest BCUT2D eigenvalue weighted by atomic mass is 16.1. The van der Waals surface area contributed by atoms with Crippen LogP contribution in [-0.4, -0.2) is 25.5 Å². The number of benzene rings is 1. The monoisotopic (exact) mass is 323 g/mol. The Balaban J connectivity index is 1.65. The van der Waals surface area contributed by atoms with E-state index in [1.165, 1.54) is 0 Å². The minimum atomic E-state index is -0.0824. The Morgan fingerprint density at radius 3 is 2.83 bits per heavy atom. The van der Waals surface area contributed by atoms with Crippen molar-refractivity contribution < 1.29 is 4.79 Å².